The molecular formula is C14H19Cl2NO3S. The zero-order chi connectivity index (χ0) is 15.5. The van der Waals surface area contributed by atoms with Gasteiger partial charge in [-0.25, -0.2) is 13.1 Å². The molecule has 0 aromatic heterocycles. The standard InChI is InChI=1S/C14H19Cl2NO3S/c1-2-17-21(18,19)14-5-6-20-9-11(14)7-10-3-4-12(15)13(16)8-10/h3-4,8,11,14,17H,2,5-7,9H2,1H3. The minimum Gasteiger partial charge on any atom is -0.381 e. The Bertz CT molecular complexity index is 592. The number of hydrogen-bond donors (Lipinski definition) is 1. The van der Waals surface area contributed by atoms with Gasteiger partial charge in [0.25, 0.3) is 0 Å². The van der Waals surface area contributed by atoms with Crippen LogP contribution in [0.15, 0.2) is 18.2 Å². The van der Waals surface area contributed by atoms with Crippen molar-refractivity contribution in [1.82, 2.24) is 4.72 Å². The predicted molar refractivity (Wildman–Crippen MR) is 85.5 cm³/mol. The van der Waals surface area contributed by atoms with Gasteiger partial charge in [-0.15, -0.1) is 0 Å². The summed E-state index contributed by atoms with van der Waals surface area (Å²) in [6.45, 7) is 3.10. The molecule has 21 heavy (non-hydrogen) atoms. The van der Waals surface area contributed by atoms with Crippen LogP contribution in [0.5, 0.6) is 0 Å². The Morgan fingerprint density at radius 3 is 2.76 bits per heavy atom. The Labute approximate surface area is 135 Å². The van der Waals surface area contributed by atoms with Crippen molar-refractivity contribution in [3.05, 3.63) is 33.8 Å². The van der Waals surface area contributed by atoms with Crippen LogP contribution in [0.3, 0.4) is 0 Å². The Balaban J connectivity index is 2.17. The Kier molecular flexibility index (Phi) is 5.91. The maximum Gasteiger partial charge on any atom is 0.214 e. The van der Waals surface area contributed by atoms with Crippen LogP contribution in [0.4, 0.5) is 0 Å². The first-order chi connectivity index (χ1) is 9.94. The van der Waals surface area contributed by atoms with Gasteiger partial charge in [0.15, 0.2) is 0 Å². The van der Waals surface area contributed by atoms with Gasteiger partial charge in [-0.2, -0.15) is 0 Å². The molecule has 1 aromatic rings. The number of rotatable bonds is 5. The Morgan fingerprint density at radius 1 is 1.33 bits per heavy atom. The van der Waals surface area contributed by atoms with Crippen LogP contribution >= 0.6 is 23.2 Å². The minimum absolute atomic E-state index is 0.0833. The average molecular weight is 352 g/mol. The van der Waals surface area contributed by atoms with Crippen molar-refractivity contribution < 1.29 is 13.2 Å². The van der Waals surface area contributed by atoms with Crippen LogP contribution in [-0.2, 0) is 21.2 Å². The second-order valence-corrected chi connectivity index (χ2v) is 7.96. The molecule has 1 aliphatic rings. The lowest BCUT2D eigenvalue weighted by Gasteiger charge is -2.31. The highest BCUT2D eigenvalue weighted by molar-refractivity contribution is 7.90. The van der Waals surface area contributed by atoms with Gasteiger partial charge < -0.3 is 4.74 Å². The molecule has 0 saturated carbocycles. The second-order valence-electron chi connectivity index (χ2n) is 5.16. The molecule has 0 spiro atoms. The number of benzene rings is 1. The fourth-order valence-corrected chi connectivity index (χ4v) is 4.68. The fourth-order valence-electron chi connectivity index (χ4n) is 2.65. The van der Waals surface area contributed by atoms with Crippen molar-refractivity contribution in [3.8, 4) is 0 Å². The molecule has 1 N–H and O–H groups in total. The average Bonchev–Trinajstić information content (AvgIpc) is 2.43. The van der Waals surface area contributed by atoms with Crippen LogP contribution in [-0.4, -0.2) is 33.4 Å². The first kappa shape index (κ1) is 17.0. The summed E-state index contributed by atoms with van der Waals surface area (Å²) < 4.78 is 32.6. The van der Waals surface area contributed by atoms with E-state index in [1.807, 2.05) is 6.07 Å². The quantitative estimate of drug-likeness (QED) is 0.887. The van der Waals surface area contributed by atoms with E-state index < -0.39 is 15.3 Å². The van der Waals surface area contributed by atoms with Crippen LogP contribution in [0.25, 0.3) is 0 Å². The number of nitrogens with one attached hydrogen (secondary N) is 1. The van der Waals surface area contributed by atoms with Gasteiger partial charge in [0, 0.05) is 19.1 Å². The summed E-state index contributed by atoms with van der Waals surface area (Å²) in [5.74, 6) is -0.0833. The lowest BCUT2D eigenvalue weighted by atomic mass is 9.93. The molecule has 2 rings (SSSR count). The predicted octanol–water partition coefficient (Wildman–Crippen LogP) is 2.88. The van der Waals surface area contributed by atoms with Gasteiger partial charge in [0.2, 0.25) is 10.0 Å². The highest BCUT2D eigenvalue weighted by atomic mass is 35.5. The van der Waals surface area contributed by atoms with Crippen molar-refractivity contribution in [2.45, 2.75) is 25.0 Å². The smallest absolute Gasteiger partial charge is 0.214 e. The molecule has 2 atom stereocenters. The molecule has 118 valence electrons. The third-order valence-electron chi connectivity index (χ3n) is 3.63. The fraction of sp³-hybridized carbons (Fsp3) is 0.571. The van der Waals surface area contributed by atoms with Crippen molar-refractivity contribution >= 4 is 33.2 Å². The van der Waals surface area contributed by atoms with Gasteiger partial charge >= 0.3 is 0 Å². The summed E-state index contributed by atoms with van der Waals surface area (Å²) in [6.07, 6.45) is 1.12. The number of hydrogen-bond acceptors (Lipinski definition) is 3. The zero-order valence-corrected chi connectivity index (χ0v) is 14.1. The van der Waals surface area contributed by atoms with E-state index in [9.17, 15) is 8.42 Å². The van der Waals surface area contributed by atoms with Crippen molar-refractivity contribution in [2.75, 3.05) is 19.8 Å². The van der Waals surface area contributed by atoms with Gasteiger partial charge in [0.05, 0.1) is 21.9 Å². The highest BCUT2D eigenvalue weighted by Crippen LogP contribution is 2.28. The van der Waals surface area contributed by atoms with Crippen LogP contribution in [0.2, 0.25) is 10.0 Å². The van der Waals surface area contributed by atoms with Crippen LogP contribution in [0, 0.1) is 5.92 Å². The molecular weight excluding hydrogens is 333 g/mol. The lowest BCUT2D eigenvalue weighted by molar-refractivity contribution is 0.0570. The molecule has 7 heteroatoms. The Hall–Kier alpha value is -0.330. The second kappa shape index (κ2) is 7.29. The topological polar surface area (TPSA) is 55.4 Å². The number of ether oxygens (including phenoxy) is 1. The summed E-state index contributed by atoms with van der Waals surface area (Å²) >= 11 is 11.9. The summed E-state index contributed by atoms with van der Waals surface area (Å²) in [4.78, 5) is 0. The van der Waals surface area contributed by atoms with Gasteiger partial charge in [-0.1, -0.05) is 36.2 Å². The monoisotopic (exact) mass is 351 g/mol. The molecule has 1 aliphatic heterocycles. The van der Waals surface area contributed by atoms with Gasteiger partial charge in [-0.05, 0) is 30.5 Å². The van der Waals surface area contributed by atoms with E-state index in [2.05, 4.69) is 4.72 Å². The van der Waals surface area contributed by atoms with Crippen molar-refractivity contribution in [1.29, 1.82) is 0 Å². The van der Waals surface area contributed by atoms with Crippen molar-refractivity contribution in [3.63, 3.8) is 0 Å². The van der Waals surface area contributed by atoms with E-state index in [-0.39, 0.29) is 5.92 Å². The molecule has 0 bridgehead atoms. The molecule has 1 fully saturated rings. The minimum atomic E-state index is -3.31. The maximum absolute atomic E-state index is 12.3. The summed E-state index contributed by atoms with van der Waals surface area (Å²) in [6, 6.07) is 5.39. The molecule has 0 amide bonds. The molecule has 0 radical (unpaired) electrons. The molecule has 1 saturated heterocycles. The van der Waals surface area contributed by atoms with Gasteiger partial charge in [-0.3, -0.25) is 0 Å². The van der Waals surface area contributed by atoms with E-state index in [4.69, 9.17) is 27.9 Å². The summed E-state index contributed by atoms with van der Waals surface area (Å²) in [5.41, 5.74) is 0.969. The SMILES string of the molecule is CCNS(=O)(=O)C1CCOCC1Cc1ccc(Cl)c(Cl)c1. The normalized spacial score (nSPS) is 23.2. The molecule has 0 aliphatic carbocycles. The summed E-state index contributed by atoms with van der Waals surface area (Å²) in [5, 5.41) is 0.551. The number of sulfonamides is 1. The third kappa shape index (κ3) is 4.33. The molecule has 1 heterocycles. The zero-order valence-electron chi connectivity index (χ0n) is 11.8. The largest absolute Gasteiger partial charge is 0.381 e. The van der Waals surface area contributed by atoms with E-state index in [1.165, 1.54) is 0 Å². The Morgan fingerprint density at radius 2 is 2.10 bits per heavy atom. The van der Waals surface area contributed by atoms with E-state index in [1.54, 1.807) is 19.1 Å². The van der Waals surface area contributed by atoms with Gasteiger partial charge in [0.1, 0.15) is 0 Å². The van der Waals surface area contributed by atoms with E-state index in [0.717, 1.165) is 5.56 Å². The molecule has 1 aromatic carbocycles. The lowest BCUT2D eigenvalue weighted by Crippen LogP contribution is -2.44. The van der Waals surface area contributed by atoms with Crippen LogP contribution in [0.1, 0.15) is 18.9 Å². The van der Waals surface area contributed by atoms with E-state index in [0.29, 0.717) is 42.6 Å². The van der Waals surface area contributed by atoms with Crippen molar-refractivity contribution in [2.24, 2.45) is 5.92 Å². The van der Waals surface area contributed by atoms with Crippen LogP contribution < -0.4 is 4.72 Å². The maximum atomic E-state index is 12.3. The highest BCUT2D eigenvalue weighted by Gasteiger charge is 2.35. The first-order valence-electron chi connectivity index (χ1n) is 6.94. The molecule has 2 unspecified atom stereocenters. The van der Waals surface area contributed by atoms with E-state index >= 15 is 0 Å². The first-order valence-corrected chi connectivity index (χ1v) is 9.24. The number of halogens is 2. The molecule has 4 nitrogen and oxygen atoms in total. The third-order valence-corrected chi connectivity index (χ3v) is 6.48. The summed E-state index contributed by atoms with van der Waals surface area (Å²) in [7, 11) is -3.31.